The van der Waals surface area contributed by atoms with Crippen LogP contribution in [0.4, 0.5) is 34.1 Å². The standard InChI is InChI=1S/C66H78N6O3/c1-10-19-25-43-28-22-31-52(34-43)55-37-46(13-4)58(47(14-5)38-55)67-70-61-64(73)62(71-68-59-48(15-6)39-56(40-49(59)16-7)53-32-23-29-44(35-53)26-20-11-2)66(75)63(65(61)74)72-69-60-50(17-8)41-57(42-51(60)18-9)54-33-24-30-45(36-54)27-21-12-3/h22-24,28-42,73-75H,10-21,25-27H2,1-9H3. The minimum atomic E-state index is -0.585. The minimum absolute atomic E-state index is 0.304. The van der Waals surface area contributed by atoms with Gasteiger partial charge in [0.25, 0.3) is 0 Å². The number of nitrogens with zero attached hydrogens (tertiary/aromatic N) is 6. The van der Waals surface area contributed by atoms with Crippen molar-refractivity contribution in [1.29, 1.82) is 0 Å². The van der Waals surface area contributed by atoms with Crippen molar-refractivity contribution in [2.45, 2.75) is 159 Å². The average Bonchev–Trinajstić information content (AvgIpc) is 3.45. The Bertz CT molecular complexity index is 2750. The zero-order valence-corrected chi connectivity index (χ0v) is 46.0. The molecule has 0 aromatic heterocycles. The highest BCUT2D eigenvalue weighted by atomic mass is 16.3. The highest BCUT2D eigenvalue weighted by Crippen LogP contribution is 2.57. The normalized spacial score (nSPS) is 11.8. The molecular formula is C66H78N6O3. The number of phenols is 3. The van der Waals surface area contributed by atoms with Crippen LogP contribution in [0, 0.1) is 0 Å². The number of azo groups is 3. The van der Waals surface area contributed by atoms with Crippen LogP contribution in [0.3, 0.4) is 0 Å². The van der Waals surface area contributed by atoms with Crippen molar-refractivity contribution in [3.8, 4) is 50.6 Å². The monoisotopic (exact) mass is 1000 g/mol. The van der Waals surface area contributed by atoms with E-state index in [-0.39, 0.29) is 17.1 Å². The van der Waals surface area contributed by atoms with Gasteiger partial charge in [-0.05, 0) is 197 Å². The van der Waals surface area contributed by atoms with E-state index < -0.39 is 17.2 Å². The summed E-state index contributed by atoms with van der Waals surface area (Å²) in [6.07, 6.45) is 13.9. The van der Waals surface area contributed by atoms with Gasteiger partial charge in [-0.1, -0.05) is 154 Å². The minimum Gasteiger partial charge on any atom is -0.504 e. The van der Waals surface area contributed by atoms with Crippen molar-refractivity contribution in [2.75, 3.05) is 0 Å². The molecule has 9 nitrogen and oxygen atoms in total. The summed E-state index contributed by atoms with van der Waals surface area (Å²) in [6.45, 7) is 19.1. The van der Waals surface area contributed by atoms with E-state index in [0.29, 0.717) is 55.6 Å². The molecule has 0 saturated carbocycles. The Morgan fingerprint density at radius 2 is 0.507 bits per heavy atom. The highest BCUT2D eigenvalue weighted by Gasteiger charge is 2.26. The van der Waals surface area contributed by atoms with Gasteiger partial charge in [0.2, 0.25) is 0 Å². The molecule has 7 rings (SSSR count). The van der Waals surface area contributed by atoms with Crippen molar-refractivity contribution in [3.05, 3.63) is 159 Å². The van der Waals surface area contributed by atoms with E-state index in [1.165, 1.54) is 16.7 Å². The Hall–Kier alpha value is -7.26. The fourth-order valence-corrected chi connectivity index (χ4v) is 9.90. The molecule has 0 amide bonds. The van der Waals surface area contributed by atoms with Gasteiger partial charge in [-0.15, -0.1) is 30.7 Å². The summed E-state index contributed by atoms with van der Waals surface area (Å²) in [7, 11) is 0. The lowest BCUT2D eigenvalue weighted by molar-refractivity contribution is 0.432. The molecule has 0 unspecified atom stereocenters. The van der Waals surface area contributed by atoms with Gasteiger partial charge >= 0.3 is 0 Å². The molecule has 0 aliphatic heterocycles. The van der Waals surface area contributed by atoms with Crippen molar-refractivity contribution < 1.29 is 15.3 Å². The maximum atomic E-state index is 12.2. The number of phenolic OH excluding ortho intramolecular Hbond substituents is 3. The lowest BCUT2D eigenvalue weighted by atomic mass is 9.94. The van der Waals surface area contributed by atoms with Gasteiger partial charge in [-0.25, -0.2) is 0 Å². The van der Waals surface area contributed by atoms with Crippen LogP contribution in [-0.4, -0.2) is 15.3 Å². The molecule has 0 heterocycles. The second kappa shape index (κ2) is 26.8. The number of hydrogen-bond acceptors (Lipinski definition) is 9. The molecule has 7 aromatic rings. The molecule has 0 fully saturated rings. The van der Waals surface area contributed by atoms with Crippen LogP contribution < -0.4 is 0 Å². The van der Waals surface area contributed by atoms with E-state index in [0.717, 1.165) is 125 Å². The summed E-state index contributed by atoms with van der Waals surface area (Å²) in [5, 5.41) is 64.6. The molecule has 7 aromatic carbocycles. The number of aryl methyl sites for hydroxylation is 9. The van der Waals surface area contributed by atoms with Gasteiger partial charge in [0.05, 0.1) is 17.1 Å². The van der Waals surface area contributed by atoms with Crippen molar-refractivity contribution in [3.63, 3.8) is 0 Å². The van der Waals surface area contributed by atoms with Crippen LogP contribution in [0.5, 0.6) is 17.2 Å². The summed E-state index contributed by atoms with van der Waals surface area (Å²) < 4.78 is 0. The van der Waals surface area contributed by atoms with Crippen LogP contribution in [-0.2, 0) is 57.8 Å². The third kappa shape index (κ3) is 13.2. The maximum absolute atomic E-state index is 12.2. The van der Waals surface area contributed by atoms with E-state index in [1.807, 2.05) is 0 Å². The first-order valence-corrected chi connectivity index (χ1v) is 27.8. The summed E-state index contributed by atoms with van der Waals surface area (Å²) in [6, 6.07) is 39.1. The molecule has 0 bridgehead atoms. The van der Waals surface area contributed by atoms with E-state index in [1.54, 1.807) is 0 Å². The van der Waals surface area contributed by atoms with Gasteiger partial charge in [-0.3, -0.25) is 0 Å². The second-order valence-electron chi connectivity index (χ2n) is 19.7. The number of aromatic hydroxyl groups is 3. The molecule has 0 atom stereocenters. The van der Waals surface area contributed by atoms with Crippen LogP contribution in [0.25, 0.3) is 33.4 Å². The van der Waals surface area contributed by atoms with E-state index in [2.05, 4.69) is 187 Å². The fraction of sp³-hybridized carbons (Fsp3) is 0.364. The quantitative estimate of drug-likeness (QED) is 0.0520. The molecule has 0 saturated heterocycles. The Kier molecular flexibility index (Phi) is 19.8. The molecule has 0 spiro atoms. The number of benzene rings is 7. The zero-order valence-electron chi connectivity index (χ0n) is 46.0. The molecule has 0 aliphatic rings. The van der Waals surface area contributed by atoms with Crippen molar-refractivity contribution in [1.82, 2.24) is 0 Å². The molecule has 0 radical (unpaired) electrons. The molecule has 0 aliphatic carbocycles. The first-order valence-electron chi connectivity index (χ1n) is 27.8. The molecule has 75 heavy (non-hydrogen) atoms. The molecule has 3 N–H and O–H groups in total. The van der Waals surface area contributed by atoms with Crippen LogP contribution >= 0.6 is 0 Å². The largest absolute Gasteiger partial charge is 0.504 e. The van der Waals surface area contributed by atoms with Crippen molar-refractivity contribution in [2.24, 2.45) is 30.7 Å². The van der Waals surface area contributed by atoms with E-state index >= 15 is 0 Å². The lowest BCUT2D eigenvalue weighted by Crippen LogP contribution is -1.93. The summed E-state index contributed by atoms with van der Waals surface area (Å²) in [4.78, 5) is 0. The second-order valence-corrected chi connectivity index (χ2v) is 19.7. The summed E-state index contributed by atoms with van der Waals surface area (Å²) >= 11 is 0. The predicted molar refractivity (Wildman–Crippen MR) is 312 cm³/mol. The topological polar surface area (TPSA) is 135 Å². The summed E-state index contributed by atoms with van der Waals surface area (Å²) in [5.74, 6) is -1.75. The van der Waals surface area contributed by atoms with Gasteiger partial charge in [-0.2, -0.15) is 0 Å². The smallest absolute Gasteiger partial charge is 0.179 e. The van der Waals surface area contributed by atoms with Crippen LogP contribution in [0.1, 0.15) is 151 Å². The zero-order chi connectivity index (χ0) is 53.4. The third-order valence-electron chi connectivity index (χ3n) is 14.4. The third-order valence-corrected chi connectivity index (χ3v) is 14.4. The predicted octanol–water partition coefficient (Wildman–Crippen LogP) is 20.5. The fourth-order valence-electron chi connectivity index (χ4n) is 9.90. The molecule has 390 valence electrons. The van der Waals surface area contributed by atoms with Crippen LogP contribution in [0.15, 0.2) is 140 Å². The van der Waals surface area contributed by atoms with Gasteiger partial charge in [0.1, 0.15) is 0 Å². The summed E-state index contributed by atoms with van der Waals surface area (Å²) in [5.41, 5.74) is 17.5. The lowest BCUT2D eigenvalue weighted by Gasteiger charge is -2.15. The Balaban J connectivity index is 1.37. The SMILES string of the molecule is CCCCc1cccc(-c2cc(CC)c(N=Nc3c(O)c(N=Nc4c(CC)cc(-c5cccc(CCCC)c5)cc4CC)c(O)c(N=Nc4c(CC)cc(-c5cccc(CCCC)c5)cc4CC)c3O)c(CC)c2)c1. The van der Waals surface area contributed by atoms with E-state index in [9.17, 15) is 15.3 Å². The van der Waals surface area contributed by atoms with E-state index in [4.69, 9.17) is 15.3 Å². The van der Waals surface area contributed by atoms with Gasteiger partial charge in [0.15, 0.2) is 34.3 Å². The van der Waals surface area contributed by atoms with Gasteiger partial charge in [0, 0.05) is 0 Å². The van der Waals surface area contributed by atoms with Crippen molar-refractivity contribution >= 4 is 34.1 Å². The van der Waals surface area contributed by atoms with Gasteiger partial charge < -0.3 is 15.3 Å². The number of rotatable bonds is 24. The Labute approximate surface area is 446 Å². The number of unbranched alkanes of at least 4 members (excludes halogenated alkanes) is 3. The van der Waals surface area contributed by atoms with Crippen LogP contribution in [0.2, 0.25) is 0 Å². The number of hydrogen-bond donors (Lipinski definition) is 3. The first-order chi connectivity index (χ1) is 36.5. The average molecular weight is 1000 g/mol. The molecular weight excluding hydrogens is 925 g/mol. The molecule has 9 heteroatoms. The Morgan fingerprint density at radius 3 is 0.720 bits per heavy atom. The highest BCUT2D eigenvalue weighted by molar-refractivity contribution is 5.87. The maximum Gasteiger partial charge on any atom is 0.179 e. The first kappa shape index (κ1) is 55.5. The Morgan fingerprint density at radius 1 is 0.280 bits per heavy atom.